The third-order valence-corrected chi connectivity index (χ3v) is 3.28. The van der Waals surface area contributed by atoms with Gasteiger partial charge in [-0.3, -0.25) is 0 Å². The molecule has 0 atom stereocenters. The summed E-state index contributed by atoms with van der Waals surface area (Å²) in [6.07, 6.45) is 0. The molecule has 1 heterocycles. The largest absolute Gasteiger partial charge is 0.359 e. The van der Waals surface area contributed by atoms with E-state index < -0.39 is 0 Å². The van der Waals surface area contributed by atoms with E-state index >= 15 is 0 Å². The highest BCUT2D eigenvalue weighted by Crippen LogP contribution is 2.30. The van der Waals surface area contributed by atoms with E-state index in [9.17, 15) is 0 Å². The summed E-state index contributed by atoms with van der Waals surface area (Å²) >= 11 is 7.12. The monoisotopic (exact) mass is 240 g/mol. The number of thioether (sulfide) groups is 1. The summed E-state index contributed by atoms with van der Waals surface area (Å²) in [6, 6.07) is 5.69. The third kappa shape index (κ3) is 2.37. The van der Waals surface area contributed by atoms with Gasteiger partial charge in [0, 0.05) is 17.1 Å². The Kier molecular flexibility index (Phi) is 3.37. The smallest absolute Gasteiger partial charge is 0.138 e. The fourth-order valence-electron chi connectivity index (χ4n) is 1.44. The van der Waals surface area contributed by atoms with Crippen molar-refractivity contribution in [3.8, 4) is 5.40 Å². The number of ether oxygens (including phenoxy) is 1. The van der Waals surface area contributed by atoms with Crippen LogP contribution in [0.3, 0.4) is 0 Å². The summed E-state index contributed by atoms with van der Waals surface area (Å²) in [5.41, 5.74) is 1.04. The zero-order valence-electron chi connectivity index (χ0n) is 7.94. The molecule has 1 aromatic rings. The average Bonchev–Trinajstić information content (AvgIpc) is 2.74. The van der Waals surface area contributed by atoms with Gasteiger partial charge in [-0.05, 0) is 30.0 Å². The van der Waals surface area contributed by atoms with Crippen LogP contribution in [0.4, 0.5) is 5.69 Å². The van der Waals surface area contributed by atoms with E-state index in [-0.39, 0.29) is 0 Å². The normalized spacial score (nSPS) is 15.3. The Hall–Kier alpha value is -0.890. The Morgan fingerprint density at radius 3 is 3.00 bits per heavy atom. The molecule has 0 saturated carbocycles. The molecule has 1 fully saturated rings. The van der Waals surface area contributed by atoms with Gasteiger partial charge < -0.3 is 9.64 Å². The lowest BCUT2D eigenvalue weighted by Crippen LogP contribution is -2.18. The molecule has 1 aliphatic rings. The summed E-state index contributed by atoms with van der Waals surface area (Å²) in [5, 5.41) is 11.2. The summed E-state index contributed by atoms with van der Waals surface area (Å²) in [6.45, 7) is 2.26. The van der Waals surface area contributed by atoms with Gasteiger partial charge in [-0.25, -0.2) is 0 Å². The molecule has 0 radical (unpaired) electrons. The summed E-state index contributed by atoms with van der Waals surface area (Å²) in [4.78, 5) is 2.90. The molecule has 0 amide bonds. The first kappa shape index (κ1) is 10.6. The molecule has 0 bridgehead atoms. The first-order chi connectivity index (χ1) is 7.31. The lowest BCUT2D eigenvalue weighted by Gasteiger charge is -2.16. The van der Waals surface area contributed by atoms with Crippen molar-refractivity contribution in [1.29, 1.82) is 5.26 Å². The van der Waals surface area contributed by atoms with Crippen molar-refractivity contribution in [3.63, 3.8) is 0 Å². The van der Waals surface area contributed by atoms with E-state index in [0.717, 1.165) is 35.5 Å². The van der Waals surface area contributed by atoms with Crippen LogP contribution in [-0.4, -0.2) is 19.9 Å². The van der Waals surface area contributed by atoms with Gasteiger partial charge in [0.05, 0.1) is 11.6 Å². The Morgan fingerprint density at radius 1 is 1.53 bits per heavy atom. The predicted octanol–water partition coefficient (Wildman–Crippen LogP) is 2.71. The van der Waals surface area contributed by atoms with E-state index in [2.05, 4.69) is 4.90 Å². The quantitative estimate of drug-likeness (QED) is 0.588. The van der Waals surface area contributed by atoms with Crippen LogP contribution in [-0.2, 0) is 4.74 Å². The second-order valence-corrected chi connectivity index (χ2v) is 4.34. The number of anilines is 1. The van der Waals surface area contributed by atoms with Crippen LogP contribution in [0.25, 0.3) is 0 Å². The van der Waals surface area contributed by atoms with Gasteiger partial charge in [0.1, 0.15) is 12.1 Å². The summed E-state index contributed by atoms with van der Waals surface area (Å²) < 4.78 is 5.25. The van der Waals surface area contributed by atoms with Gasteiger partial charge in [0.15, 0.2) is 0 Å². The maximum atomic E-state index is 8.55. The molecular weight excluding hydrogens is 232 g/mol. The Morgan fingerprint density at radius 2 is 2.40 bits per heavy atom. The molecule has 0 N–H and O–H groups in total. The van der Waals surface area contributed by atoms with Crippen molar-refractivity contribution in [3.05, 3.63) is 23.2 Å². The van der Waals surface area contributed by atoms with Crippen molar-refractivity contribution in [2.75, 3.05) is 24.8 Å². The highest BCUT2D eigenvalue weighted by molar-refractivity contribution is 8.03. The van der Waals surface area contributed by atoms with Crippen LogP contribution in [0, 0.1) is 10.7 Å². The van der Waals surface area contributed by atoms with Crippen LogP contribution in [0.2, 0.25) is 5.02 Å². The van der Waals surface area contributed by atoms with Crippen LogP contribution < -0.4 is 4.90 Å². The number of halogens is 1. The van der Waals surface area contributed by atoms with Crippen molar-refractivity contribution in [2.45, 2.75) is 4.90 Å². The Bertz CT molecular complexity index is 399. The Labute approximate surface area is 97.6 Å². The van der Waals surface area contributed by atoms with Gasteiger partial charge in [-0.1, -0.05) is 11.6 Å². The number of benzene rings is 1. The molecule has 1 aromatic carbocycles. The zero-order chi connectivity index (χ0) is 10.7. The van der Waals surface area contributed by atoms with Gasteiger partial charge in [-0.2, -0.15) is 5.26 Å². The molecule has 2 rings (SSSR count). The molecule has 1 saturated heterocycles. The third-order valence-electron chi connectivity index (χ3n) is 2.19. The molecule has 0 aliphatic carbocycles. The summed E-state index contributed by atoms with van der Waals surface area (Å²) in [7, 11) is 0. The van der Waals surface area contributed by atoms with Crippen LogP contribution in [0.5, 0.6) is 0 Å². The molecule has 3 nitrogen and oxygen atoms in total. The highest BCUT2D eigenvalue weighted by Gasteiger charge is 2.13. The van der Waals surface area contributed by atoms with E-state index in [1.165, 1.54) is 0 Å². The fraction of sp³-hybridized carbons (Fsp3) is 0.300. The molecule has 15 heavy (non-hydrogen) atoms. The molecular formula is C10H9ClN2OS. The second-order valence-electron chi connectivity index (χ2n) is 3.11. The molecule has 0 spiro atoms. The topological polar surface area (TPSA) is 36.3 Å². The molecule has 0 aromatic heterocycles. The van der Waals surface area contributed by atoms with Crippen LogP contribution in [0.15, 0.2) is 23.1 Å². The molecule has 5 heteroatoms. The van der Waals surface area contributed by atoms with E-state index in [4.69, 9.17) is 21.6 Å². The van der Waals surface area contributed by atoms with Gasteiger partial charge in [0.25, 0.3) is 0 Å². The zero-order valence-corrected chi connectivity index (χ0v) is 9.51. The van der Waals surface area contributed by atoms with Crippen molar-refractivity contribution < 1.29 is 4.74 Å². The number of rotatable bonds is 2. The lowest BCUT2D eigenvalue weighted by atomic mass is 10.3. The first-order valence-corrected chi connectivity index (χ1v) is 5.69. The number of nitriles is 1. The number of nitrogens with zero attached hydrogens (tertiary/aromatic N) is 2. The number of hydrogen-bond acceptors (Lipinski definition) is 4. The molecule has 78 valence electrons. The minimum Gasteiger partial charge on any atom is -0.359 e. The van der Waals surface area contributed by atoms with Gasteiger partial charge >= 0.3 is 0 Å². The minimum atomic E-state index is 0.612. The number of hydrogen-bond donors (Lipinski definition) is 0. The lowest BCUT2D eigenvalue weighted by molar-refractivity contribution is 0.201. The van der Waals surface area contributed by atoms with Gasteiger partial charge in [0.2, 0.25) is 0 Å². The fourth-order valence-corrected chi connectivity index (χ4v) is 2.12. The first-order valence-electron chi connectivity index (χ1n) is 4.49. The summed E-state index contributed by atoms with van der Waals surface area (Å²) in [5.74, 6) is 0. The van der Waals surface area contributed by atoms with Crippen LogP contribution >= 0.6 is 23.4 Å². The molecule has 0 unspecified atom stereocenters. The Balaban J connectivity index is 2.21. The maximum absolute atomic E-state index is 8.55. The van der Waals surface area contributed by atoms with E-state index in [1.54, 1.807) is 0 Å². The average molecular weight is 241 g/mol. The predicted molar refractivity (Wildman–Crippen MR) is 61.1 cm³/mol. The number of thiocyanates is 1. The van der Waals surface area contributed by atoms with Crippen LogP contribution in [0.1, 0.15) is 0 Å². The molecule has 1 aliphatic heterocycles. The second kappa shape index (κ2) is 4.75. The van der Waals surface area contributed by atoms with Crippen molar-refractivity contribution in [2.24, 2.45) is 0 Å². The standard InChI is InChI=1S/C10H9ClN2OS/c11-9-5-8(13-3-4-14-7-13)1-2-10(9)15-6-12/h1-2,5H,3-4,7H2. The van der Waals surface area contributed by atoms with Gasteiger partial charge in [-0.15, -0.1) is 0 Å². The van der Waals surface area contributed by atoms with Crippen molar-refractivity contribution >= 4 is 29.1 Å². The highest BCUT2D eigenvalue weighted by atomic mass is 35.5. The van der Waals surface area contributed by atoms with E-state index in [1.807, 2.05) is 23.6 Å². The SMILES string of the molecule is N#CSc1ccc(N2CCOC2)cc1Cl. The minimum absolute atomic E-state index is 0.612. The van der Waals surface area contributed by atoms with Crippen molar-refractivity contribution in [1.82, 2.24) is 0 Å². The van der Waals surface area contributed by atoms with E-state index in [0.29, 0.717) is 11.8 Å². The maximum Gasteiger partial charge on any atom is 0.138 e.